The lowest BCUT2D eigenvalue weighted by Gasteiger charge is -2.47. The maximum absolute atomic E-state index is 6.11. The molecule has 0 aromatic carbocycles. The average Bonchev–Trinajstić information content (AvgIpc) is 2.51. The van der Waals surface area contributed by atoms with Gasteiger partial charge in [-0.2, -0.15) is 0 Å². The van der Waals surface area contributed by atoms with E-state index in [1.54, 1.807) is 0 Å². The van der Waals surface area contributed by atoms with Crippen molar-refractivity contribution in [2.45, 2.75) is 79.7 Å². The van der Waals surface area contributed by atoms with Crippen molar-refractivity contribution in [3.63, 3.8) is 0 Å². The van der Waals surface area contributed by atoms with Gasteiger partial charge in [-0.05, 0) is 55.5 Å². The van der Waals surface area contributed by atoms with Gasteiger partial charge < -0.3 is 10.6 Å². The predicted molar refractivity (Wildman–Crippen MR) is 94.4 cm³/mol. The van der Waals surface area contributed by atoms with Crippen LogP contribution < -0.4 is 5.73 Å². The SMILES string of the molecule is CCC(C)CN(CC)C1CC(C(C)(C)CC)CCC1CN. The van der Waals surface area contributed by atoms with Gasteiger partial charge in [0.15, 0.2) is 0 Å². The Bertz CT molecular complexity index is 287. The summed E-state index contributed by atoms with van der Waals surface area (Å²) in [4.78, 5) is 2.74. The van der Waals surface area contributed by atoms with Crippen LogP contribution in [-0.2, 0) is 0 Å². The molecule has 0 radical (unpaired) electrons. The fraction of sp³-hybridized carbons (Fsp3) is 1.00. The van der Waals surface area contributed by atoms with Crippen LogP contribution in [0.2, 0.25) is 0 Å². The first-order valence-corrected chi connectivity index (χ1v) is 9.33. The van der Waals surface area contributed by atoms with Gasteiger partial charge in [0.1, 0.15) is 0 Å². The molecule has 0 bridgehead atoms. The summed E-state index contributed by atoms with van der Waals surface area (Å²) in [7, 11) is 0. The first kappa shape index (κ1) is 19.0. The zero-order valence-corrected chi connectivity index (χ0v) is 15.5. The molecule has 4 atom stereocenters. The molecule has 2 N–H and O–H groups in total. The zero-order chi connectivity index (χ0) is 16.0. The van der Waals surface area contributed by atoms with Crippen LogP contribution >= 0.6 is 0 Å². The minimum atomic E-state index is 0.480. The van der Waals surface area contributed by atoms with E-state index in [4.69, 9.17) is 5.73 Å². The monoisotopic (exact) mass is 296 g/mol. The van der Waals surface area contributed by atoms with Crippen molar-refractivity contribution in [3.05, 3.63) is 0 Å². The maximum atomic E-state index is 6.11. The summed E-state index contributed by atoms with van der Waals surface area (Å²) in [6, 6.07) is 0.707. The highest BCUT2D eigenvalue weighted by molar-refractivity contribution is 4.92. The average molecular weight is 297 g/mol. The van der Waals surface area contributed by atoms with Gasteiger partial charge in [-0.1, -0.05) is 54.4 Å². The fourth-order valence-electron chi connectivity index (χ4n) is 3.96. The molecule has 0 aromatic heterocycles. The molecule has 1 aliphatic rings. The van der Waals surface area contributed by atoms with Crippen LogP contribution in [0.15, 0.2) is 0 Å². The summed E-state index contributed by atoms with van der Waals surface area (Å²) in [5.74, 6) is 2.36. The molecule has 1 rings (SSSR count). The van der Waals surface area contributed by atoms with E-state index in [9.17, 15) is 0 Å². The Labute approximate surface area is 133 Å². The highest BCUT2D eigenvalue weighted by atomic mass is 15.2. The molecule has 1 fully saturated rings. The summed E-state index contributed by atoms with van der Waals surface area (Å²) in [6.45, 7) is 17.6. The second kappa shape index (κ2) is 8.53. The Morgan fingerprint density at radius 1 is 1.19 bits per heavy atom. The second-order valence-electron chi connectivity index (χ2n) is 8.02. The number of hydrogen-bond donors (Lipinski definition) is 1. The van der Waals surface area contributed by atoms with Gasteiger partial charge in [0.2, 0.25) is 0 Å². The van der Waals surface area contributed by atoms with Crippen LogP contribution in [0.5, 0.6) is 0 Å². The van der Waals surface area contributed by atoms with Crippen LogP contribution in [0.1, 0.15) is 73.6 Å². The molecule has 2 heteroatoms. The van der Waals surface area contributed by atoms with E-state index in [1.165, 1.54) is 45.2 Å². The first-order chi connectivity index (χ1) is 9.89. The molecular formula is C19H40N2. The highest BCUT2D eigenvalue weighted by Crippen LogP contribution is 2.43. The van der Waals surface area contributed by atoms with Crippen molar-refractivity contribution in [2.24, 2.45) is 28.9 Å². The van der Waals surface area contributed by atoms with Crippen molar-refractivity contribution in [3.8, 4) is 0 Å². The van der Waals surface area contributed by atoms with E-state index >= 15 is 0 Å². The molecule has 4 unspecified atom stereocenters. The quantitative estimate of drug-likeness (QED) is 0.713. The molecule has 1 saturated carbocycles. The molecule has 0 amide bonds. The van der Waals surface area contributed by atoms with Gasteiger partial charge in [-0.15, -0.1) is 0 Å². The van der Waals surface area contributed by atoms with Gasteiger partial charge in [0.25, 0.3) is 0 Å². The standard InChI is InChI=1S/C19H40N2/c1-7-15(4)14-21(9-3)18-12-17(19(5,6)8-2)11-10-16(18)13-20/h15-18H,7-14,20H2,1-6H3. The predicted octanol–water partition coefficient (Wildman–Crippen LogP) is 4.53. The van der Waals surface area contributed by atoms with Crippen LogP contribution in [0.4, 0.5) is 0 Å². The van der Waals surface area contributed by atoms with E-state index in [0.29, 0.717) is 17.4 Å². The van der Waals surface area contributed by atoms with Crippen LogP contribution in [-0.4, -0.2) is 30.6 Å². The van der Waals surface area contributed by atoms with Gasteiger partial charge in [-0.3, -0.25) is 0 Å². The number of nitrogens with two attached hydrogens (primary N) is 1. The number of hydrogen-bond acceptors (Lipinski definition) is 2. The fourth-order valence-corrected chi connectivity index (χ4v) is 3.96. The molecule has 2 nitrogen and oxygen atoms in total. The van der Waals surface area contributed by atoms with E-state index in [-0.39, 0.29) is 0 Å². The van der Waals surface area contributed by atoms with E-state index < -0.39 is 0 Å². The van der Waals surface area contributed by atoms with Gasteiger partial charge in [0.05, 0.1) is 0 Å². The van der Waals surface area contributed by atoms with Crippen molar-refractivity contribution in [1.82, 2.24) is 4.90 Å². The second-order valence-corrected chi connectivity index (χ2v) is 8.02. The molecule has 0 saturated heterocycles. The molecule has 21 heavy (non-hydrogen) atoms. The lowest BCUT2D eigenvalue weighted by atomic mass is 9.65. The Morgan fingerprint density at radius 2 is 1.86 bits per heavy atom. The van der Waals surface area contributed by atoms with Gasteiger partial charge in [0, 0.05) is 12.6 Å². The molecule has 126 valence electrons. The third kappa shape index (κ3) is 4.96. The van der Waals surface area contributed by atoms with Crippen molar-refractivity contribution < 1.29 is 0 Å². The minimum absolute atomic E-state index is 0.480. The van der Waals surface area contributed by atoms with Crippen LogP contribution in [0.3, 0.4) is 0 Å². The highest BCUT2D eigenvalue weighted by Gasteiger charge is 2.38. The third-order valence-corrected chi connectivity index (χ3v) is 6.39. The lowest BCUT2D eigenvalue weighted by molar-refractivity contribution is 0.0332. The van der Waals surface area contributed by atoms with E-state index in [2.05, 4.69) is 46.4 Å². The smallest absolute Gasteiger partial charge is 0.0138 e. The molecule has 0 spiro atoms. The van der Waals surface area contributed by atoms with Crippen molar-refractivity contribution in [2.75, 3.05) is 19.6 Å². The van der Waals surface area contributed by atoms with E-state index in [0.717, 1.165) is 18.4 Å². The summed E-state index contributed by atoms with van der Waals surface area (Å²) in [6.07, 6.45) is 6.62. The molecular weight excluding hydrogens is 256 g/mol. The lowest BCUT2D eigenvalue weighted by Crippen LogP contribution is -2.49. The number of nitrogens with zero attached hydrogens (tertiary/aromatic N) is 1. The summed E-state index contributed by atoms with van der Waals surface area (Å²) >= 11 is 0. The zero-order valence-electron chi connectivity index (χ0n) is 15.5. The minimum Gasteiger partial charge on any atom is -0.330 e. The first-order valence-electron chi connectivity index (χ1n) is 9.33. The number of rotatable bonds is 8. The normalized spacial score (nSPS) is 28.9. The van der Waals surface area contributed by atoms with Gasteiger partial charge >= 0.3 is 0 Å². The summed E-state index contributed by atoms with van der Waals surface area (Å²) in [5.41, 5.74) is 6.59. The maximum Gasteiger partial charge on any atom is 0.0138 e. The van der Waals surface area contributed by atoms with Crippen molar-refractivity contribution in [1.29, 1.82) is 0 Å². The Hall–Kier alpha value is -0.0800. The summed E-state index contributed by atoms with van der Waals surface area (Å²) < 4.78 is 0. The Kier molecular flexibility index (Phi) is 7.70. The van der Waals surface area contributed by atoms with E-state index in [1.807, 2.05) is 0 Å². The molecule has 0 aliphatic heterocycles. The Balaban J connectivity index is 2.81. The molecule has 0 aromatic rings. The molecule has 0 heterocycles. The topological polar surface area (TPSA) is 29.3 Å². The Morgan fingerprint density at radius 3 is 2.33 bits per heavy atom. The third-order valence-electron chi connectivity index (χ3n) is 6.39. The van der Waals surface area contributed by atoms with Gasteiger partial charge in [-0.25, -0.2) is 0 Å². The van der Waals surface area contributed by atoms with Crippen LogP contribution in [0, 0.1) is 23.2 Å². The largest absolute Gasteiger partial charge is 0.330 e. The van der Waals surface area contributed by atoms with Crippen molar-refractivity contribution >= 4 is 0 Å². The summed E-state index contributed by atoms with van der Waals surface area (Å²) in [5, 5.41) is 0. The van der Waals surface area contributed by atoms with Crippen LogP contribution in [0.25, 0.3) is 0 Å². The molecule has 1 aliphatic carbocycles.